The summed E-state index contributed by atoms with van der Waals surface area (Å²) >= 11 is 1.54. The fourth-order valence-electron chi connectivity index (χ4n) is 2.16. The number of esters is 1. The van der Waals surface area contributed by atoms with Gasteiger partial charge in [-0.1, -0.05) is 24.3 Å². The molecule has 0 atom stereocenters. The van der Waals surface area contributed by atoms with Gasteiger partial charge >= 0.3 is 5.97 Å². The third-order valence-corrected chi connectivity index (χ3v) is 4.26. The molecule has 1 heterocycles. The highest BCUT2D eigenvalue weighted by molar-refractivity contribution is 7.19. The molecule has 2 aromatic carbocycles. The molecule has 122 valence electrons. The quantitative estimate of drug-likeness (QED) is 0.383. The van der Waals surface area contributed by atoms with Crippen molar-refractivity contribution in [1.82, 2.24) is 4.98 Å². The predicted octanol–water partition coefficient (Wildman–Crippen LogP) is 4.24. The van der Waals surface area contributed by atoms with Crippen molar-refractivity contribution in [3.05, 3.63) is 65.2 Å². The molecule has 0 spiro atoms. The van der Waals surface area contributed by atoms with E-state index >= 15 is 0 Å². The minimum Gasteiger partial charge on any atom is -0.490 e. The lowest BCUT2D eigenvalue weighted by molar-refractivity contribution is -0.138. The molecule has 1 aromatic heterocycles. The van der Waals surface area contributed by atoms with Gasteiger partial charge in [0.2, 0.25) is 0 Å². The molecule has 4 nitrogen and oxygen atoms in total. The number of aryl methyl sites for hydroxylation is 1. The molecule has 5 heteroatoms. The van der Waals surface area contributed by atoms with E-state index in [1.54, 1.807) is 6.08 Å². The van der Waals surface area contributed by atoms with E-state index < -0.39 is 5.97 Å². The van der Waals surface area contributed by atoms with E-state index in [1.807, 2.05) is 55.5 Å². The number of nitrogens with zero attached hydrogens (tertiary/aromatic N) is 1. The van der Waals surface area contributed by atoms with Crippen molar-refractivity contribution in [3.63, 3.8) is 0 Å². The fourth-order valence-corrected chi connectivity index (χ4v) is 3.03. The molecule has 24 heavy (non-hydrogen) atoms. The number of carbonyl (C=O) groups excluding carboxylic acids is 1. The van der Waals surface area contributed by atoms with Crippen LogP contribution in [0.5, 0.6) is 5.75 Å². The van der Waals surface area contributed by atoms with Gasteiger partial charge < -0.3 is 9.47 Å². The van der Waals surface area contributed by atoms with Crippen LogP contribution < -0.4 is 4.74 Å². The number of rotatable bonds is 6. The van der Waals surface area contributed by atoms with Crippen molar-refractivity contribution >= 4 is 33.6 Å². The second-order valence-corrected chi connectivity index (χ2v) is 6.25. The van der Waals surface area contributed by atoms with E-state index in [9.17, 15) is 4.79 Å². The molecule has 3 rings (SSSR count). The van der Waals surface area contributed by atoms with E-state index in [0.717, 1.165) is 26.5 Å². The monoisotopic (exact) mass is 339 g/mol. The SMILES string of the molecule is Cc1cccc(OCCOC(=O)/C=C/c2nc3ccccc3s2)c1. The van der Waals surface area contributed by atoms with E-state index in [1.165, 1.54) is 17.4 Å². The van der Waals surface area contributed by atoms with Gasteiger partial charge in [-0.05, 0) is 42.8 Å². The smallest absolute Gasteiger partial charge is 0.330 e. The Morgan fingerprint density at radius 1 is 1.17 bits per heavy atom. The summed E-state index contributed by atoms with van der Waals surface area (Å²) < 4.78 is 11.7. The van der Waals surface area contributed by atoms with Gasteiger partial charge in [0.1, 0.15) is 24.0 Å². The number of fused-ring (bicyclic) bond motifs is 1. The normalized spacial score (nSPS) is 11.0. The second kappa shape index (κ2) is 7.75. The number of para-hydroxylation sites is 1. The predicted molar refractivity (Wildman–Crippen MR) is 96.3 cm³/mol. The third kappa shape index (κ3) is 4.43. The van der Waals surface area contributed by atoms with Crippen LogP contribution >= 0.6 is 11.3 Å². The van der Waals surface area contributed by atoms with Gasteiger partial charge in [0.25, 0.3) is 0 Å². The Hall–Kier alpha value is -2.66. The Balaban J connectivity index is 1.45. The molecular formula is C19H17NO3S. The van der Waals surface area contributed by atoms with Crippen molar-refractivity contribution in [2.45, 2.75) is 6.92 Å². The first kappa shape index (κ1) is 16.2. The Labute approximate surface area is 144 Å². The van der Waals surface area contributed by atoms with Crippen LogP contribution in [0, 0.1) is 6.92 Å². The van der Waals surface area contributed by atoms with Crippen molar-refractivity contribution in [2.24, 2.45) is 0 Å². The molecule has 0 saturated carbocycles. The van der Waals surface area contributed by atoms with Gasteiger partial charge in [-0.3, -0.25) is 0 Å². The standard InChI is InChI=1S/C19H17NO3S/c1-14-5-4-6-15(13-14)22-11-12-23-19(21)10-9-18-20-16-7-2-3-8-17(16)24-18/h2-10,13H,11-12H2,1H3/b10-9+. The Morgan fingerprint density at radius 3 is 2.88 bits per heavy atom. The van der Waals surface area contributed by atoms with Crippen LogP contribution in [0.2, 0.25) is 0 Å². The largest absolute Gasteiger partial charge is 0.490 e. The Morgan fingerprint density at radius 2 is 2.04 bits per heavy atom. The van der Waals surface area contributed by atoms with E-state index in [0.29, 0.717) is 6.61 Å². The minimum absolute atomic E-state index is 0.205. The lowest BCUT2D eigenvalue weighted by Gasteiger charge is -2.06. The minimum atomic E-state index is -0.401. The number of hydrogen-bond acceptors (Lipinski definition) is 5. The highest BCUT2D eigenvalue weighted by atomic mass is 32.1. The van der Waals surface area contributed by atoms with Crippen molar-refractivity contribution in [2.75, 3.05) is 13.2 Å². The van der Waals surface area contributed by atoms with Gasteiger partial charge in [-0.2, -0.15) is 0 Å². The van der Waals surface area contributed by atoms with Crippen LogP contribution in [0.1, 0.15) is 10.6 Å². The molecular weight excluding hydrogens is 322 g/mol. The van der Waals surface area contributed by atoms with Crippen molar-refractivity contribution in [1.29, 1.82) is 0 Å². The molecule has 0 aliphatic heterocycles. The van der Waals surface area contributed by atoms with Gasteiger partial charge in [-0.25, -0.2) is 9.78 Å². The number of benzene rings is 2. The van der Waals surface area contributed by atoms with Crippen LogP contribution in [-0.4, -0.2) is 24.2 Å². The van der Waals surface area contributed by atoms with Crippen molar-refractivity contribution in [3.8, 4) is 5.75 Å². The molecule has 0 radical (unpaired) electrons. The van der Waals surface area contributed by atoms with E-state index in [4.69, 9.17) is 9.47 Å². The highest BCUT2D eigenvalue weighted by Crippen LogP contribution is 2.22. The van der Waals surface area contributed by atoms with Crippen molar-refractivity contribution < 1.29 is 14.3 Å². The lowest BCUT2D eigenvalue weighted by atomic mass is 10.2. The molecule has 0 bridgehead atoms. The summed E-state index contributed by atoms with van der Waals surface area (Å²) in [5.74, 6) is 0.373. The average molecular weight is 339 g/mol. The summed E-state index contributed by atoms with van der Waals surface area (Å²) in [4.78, 5) is 16.1. The van der Waals surface area contributed by atoms with Crippen LogP contribution in [-0.2, 0) is 9.53 Å². The van der Waals surface area contributed by atoms with Gasteiger partial charge in [0.15, 0.2) is 0 Å². The molecule has 0 aliphatic rings. The maximum Gasteiger partial charge on any atom is 0.330 e. The Kier molecular flexibility index (Phi) is 5.23. The molecule has 3 aromatic rings. The average Bonchev–Trinajstić information content (AvgIpc) is 3.00. The third-order valence-electron chi connectivity index (χ3n) is 3.26. The molecule has 0 aliphatic carbocycles. The number of aromatic nitrogens is 1. The lowest BCUT2D eigenvalue weighted by Crippen LogP contribution is -2.10. The summed E-state index contributed by atoms with van der Waals surface area (Å²) in [6.07, 6.45) is 3.07. The summed E-state index contributed by atoms with van der Waals surface area (Å²) in [5.41, 5.74) is 2.06. The summed E-state index contributed by atoms with van der Waals surface area (Å²) in [6.45, 7) is 2.53. The molecule has 0 saturated heterocycles. The van der Waals surface area contributed by atoms with Crippen LogP contribution in [0.3, 0.4) is 0 Å². The van der Waals surface area contributed by atoms with Crippen LogP contribution in [0.4, 0.5) is 0 Å². The first-order valence-corrected chi connectivity index (χ1v) is 8.42. The molecule has 0 N–H and O–H groups in total. The maximum atomic E-state index is 11.7. The zero-order valence-electron chi connectivity index (χ0n) is 13.3. The number of carbonyl (C=O) groups is 1. The van der Waals surface area contributed by atoms with E-state index in [2.05, 4.69) is 4.98 Å². The molecule has 0 fully saturated rings. The molecule has 0 unspecified atom stereocenters. The van der Waals surface area contributed by atoms with Crippen LogP contribution in [0.25, 0.3) is 16.3 Å². The summed E-state index contributed by atoms with van der Waals surface area (Å²) in [7, 11) is 0. The second-order valence-electron chi connectivity index (χ2n) is 5.19. The zero-order chi connectivity index (χ0) is 16.8. The number of ether oxygens (including phenoxy) is 2. The van der Waals surface area contributed by atoms with Crippen LogP contribution in [0.15, 0.2) is 54.6 Å². The zero-order valence-corrected chi connectivity index (χ0v) is 14.1. The van der Waals surface area contributed by atoms with E-state index in [-0.39, 0.29) is 6.61 Å². The fraction of sp³-hybridized carbons (Fsp3) is 0.158. The first-order valence-electron chi connectivity index (χ1n) is 7.60. The van der Waals surface area contributed by atoms with Gasteiger partial charge in [-0.15, -0.1) is 11.3 Å². The summed E-state index contributed by atoms with van der Waals surface area (Å²) in [5, 5.41) is 0.782. The van der Waals surface area contributed by atoms with Gasteiger partial charge in [0.05, 0.1) is 10.2 Å². The topological polar surface area (TPSA) is 48.4 Å². The maximum absolute atomic E-state index is 11.7. The summed E-state index contributed by atoms with van der Waals surface area (Å²) in [6, 6.07) is 15.6. The highest BCUT2D eigenvalue weighted by Gasteiger charge is 2.02. The number of thiazole rings is 1. The number of hydrogen-bond donors (Lipinski definition) is 0. The molecule has 0 amide bonds. The Bertz CT molecular complexity index is 837. The first-order chi connectivity index (χ1) is 11.7. The van der Waals surface area contributed by atoms with Gasteiger partial charge in [0, 0.05) is 6.08 Å².